The predicted molar refractivity (Wildman–Crippen MR) is 61.1 cm³/mol. The van der Waals surface area contributed by atoms with Crippen LogP contribution in [0.4, 0.5) is 5.95 Å². The first-order valence-electron chi connectivity index (χ1n) is 5.35. The zero-order valence-corrected chi connectivity index (χ0v) is 9.69. The minimum Gasteiger partial charge on any atom is -0.395 e. The van der Waals surface area contributed by atoms with E-state index in [0.717, 1.165) is 30.3 Å². The van der Waals surface area contributed by atoms with Gasteiger partial charge >= 0.3 is 0 Å². The van der Waals surface area contributed by atoms with Gasteiger partial charge < -0.3 is 10.0 Å². The summed E-state index contributed by atoms with van der Waals surface area (Å²) in [7, 11) is 0. The monoisotopic (exact) mass is 209 g/mol. The van der Waals surface area contributed by atoms with E-state index in [-0.39, 0.29) is 6.61 Å². The highest BCUT2D eigenvalue weighted by molar-refractivity contribution is 5.31. The maximum atomic E-state index is 8.97. The molecule has 1 N–H and O–H groups in total. The van der Waals surface area contributed by atoms with Gasteiger partial charge in [-0.15, -0.1) is 0 Å². The molecule has 0 saturated carbocycles. The lowest BCUT2D eigenvalue weighted by Crippen LogP contribution is -2.29. The zero-order valence-electron chi connectivity index (χ0n) is 9.69. The highest BCUT2D eigenvalue weighted by atomic mass is 16.3. The number of nitrogens with zero attached hydrogens (tertiary/aromatic N) is 3. The molecule has 0 aliphatic carbocycles. The van der Waals surface area contributed by atoms with Crippen LogP contribution in [0.1, 0.15) is 24.7 Å². The van der Waals surface area contributed by atoms with Gasteiger partial charge in [0.25, 0.3) is 0 Å². The molecular weight excluding hydrogens is 190 g/mol. The third-order valence-electron chi connectivity index (χ3n) is 2.12. The van der Waals surface area contributed by atoms with Crippen molar-refractivity contribution < 1.29 is 5.11 Å². The van der Waals surface area contributed by atoms with Crippen molar-refractivity contribution in [1.29, 1.82) is 0 Å². The molecule has 0 aliphatic heterocycles. The van der Waals surface area contributed by atoms with Crippen LogP contribution >= 0.6 is 0 Å². The second kappa shape index (κ2) is 5.66. The molecule has 1 rings (SSSR count). The lowest BCUT2D eigenvalue weighted by atomic mass is 10.3. The molecule has 4 nitrogen and oxygen atoms in total. The summed E-state index contributed by atoms with van der Waals surface area (Å²) in [5.41, 5.74) is 1.94. The molecule has 0 saturated heterocycles. The van der Waals surface area contributed by atoms with Crippen molar-refractivity contribution in [2.45, 2.75) is 27.2 Å². The molecule has 0 fully saturated rings. The van der Waals surface area contributed by atoms with Gasteiger partial charge in [0.1, 0.15) is 0 Å². The van der Waals surface area contributed by atoms with E-state index in [2.05, 4.69) is 16.9 Å². The number of aromatic nitrogens is 2. The van der Waals surface area contributed by atoms with Crippen LogP contribution in [0.2, 0.25) is 0 Å². The predicted octanol–water partition coefficient (Wildman–Crippen LogP) is 1.30. The molecule has 0 aliphatic rings. The molecule has 0 atom stereocenters. The first-order valence-corrected chi connectivity index (χ1v) is 5.35. The molecular formula is C11H19N3O. The Morgan fingerprint density at radius 1 is 1.20 bits per heavy atom. The number of hydrogen-bond acceptors (Lipinski definition) is 4. The average Bonchev–Trinajstić information content (AvgIpc) is 2.16. The highest BCUT2D eigenvalue weighted by Gasteiger charge is 2.08. The fourth-order valence-electron chi connectivity index (χ4n) is 1.55. The maximum Gasteiger partial charge on any atom is 0.225 e. The normalized spacial score (nSPS) is 10.4. The van der Waals surface area contributed by atoms with E-state index in [0.29, 0.717) is 6.54 Å². The van der Waals surface area contributed by atoms with E-state index >= 15 is 0 Å². The number of rotatable bonds is 5. The van der Waals surface area contributed by atoms with E-state index in [9.17, 15) is 0 Å². The van der Waals surface area contributed by atoms with Gasteiger partial charge in [0.15, 0.2) is 0 Å². The van der Waals surface area contributed by atoms with Gasteiger partial charge in [0.2, 0.25) is 5.95 Å². The quantitative estimate of drug-likeness (QED) is 0.794. The molecule has 0 spiro atoms. The molecule has 84 valence electrons. The summed E-state index contributed by atoms with van der Waals surface area (Å²) in [6.07, 6.45) is 1.02. The highest BCUT2D eigenvalue weighted by Crippen LogP contribution is 2.09. The minimum atomic E-state index is 0.135. The summed E-state index contributed by atoms with van der Waals surface area (Å²) >= 11 is 0. The number of aliphatic hydroxyl groups excluding tert-OH is 1. The van der Waals surface area contributed by atoms with E-state index in [1.807, 2.05) is 24.8 Å². The van der Waals surface area contributed by atoms with Crippen molar-refractivity contribution in [3.63, 3.8) is 0 Å². The van der Waals surface area contributed by atoms with Crippen molar-refractivity contribution in [3.05, 3.63) is 17.5 Å². The summed E-state index contributed by atoms with van der Waals surface area (Å²) in [5.74, 6) is 0.725. The van der Waals surface area contributed by atoms with Crippen LogP contribution in [0.25, 0.3) is 0 Å². The molecule has 0 unspecified atom stereocenters. The van der Waals surface area contributed by atoms with E-state index in [4.69, 9.17) is 5.11 Å². The van der Waals surface area contributed by atoms with Gasteiger partial charge in [0, 0.05) is 24.5 Å². The maximum absolute atomic E-state index is 8.97. The van der Waals surface area contributed by atoms with Crippen LogP contribution in [-0.4, -0.2) is 34.8 Å². The summed E-state index contributed by atoms with van der Waals surface area (Å²) in [6.45, 7) is 7.63. The number of anilines is 1. The molecule has 15 heavy (non-hydrogen) atoms. The average molecular weight is 209 g/mol. The smallest absolute Gasteiger partial charge is 0.225 e. The largest absolute Gasteiger partial charge is 0.395 e. The summed E-state index contributed by atoms with van der Waals surface area (Å²) in [5, 5.41) is 8.97. The summed E-state index contributed by atoms with van der Waals surface area (Å²) < 4.78 is 0. The minimum absolute atomic E-state index is 0.135. The second-order valence-corrected chi connectivity index (χ2v) is 3.66. The van der Waals surface area contributed by atoms with Gasteiger partial charge in [-0.25, -0.2) is 9.97 Å². The lowest BCUT2D eigenvalue weighted by Gasteiger charge is -2.21. The van der Waals surface area contributed by atoms with Crippen LogP contribution in [-0.2, 0) is 0 Å². The fraction of sp³-hybridized carbons (Fsp3) is 0.636. The molecule has 0 aromatic carbocycles. The van der Waals surface area contributed by atoms with Crippen LogP contribution < -0.4 is 4.90 Å². The van der Waals surface area contributed by atoms with Gasteiger partial charge in [-0.05, 0) is 26.3 Å². The standard InChI is InChI=1S/C11H19N3O/c1-4-5-14(6-7-15)11-12-9(2)8-10(3)13-11/h8,15H,4-7H2,1-3H3. The Morgan fingerprint density at radius 2 is 1.80 bits per heavy atom. The first-order chi connectivity index (χ1) is 7.17. The van der Waals surface area contributed by atoms with Crippen LogP contribution in [0.5, 0.6) is 0 Å². The first kappa shape index (κ1) is 11.9. The SMILES string of the molecule is CCCN(CCO)c1nc(C)cc(C)n1. The van der Waals surface area contributed by atoms with Gasteiger partial charge in [-0.1, -0.05) is 6.92 Å². The van der Waals surface area contributed by atoms with Crippen molar-refractivity contribution in [1.82, 2.24) is 9.97 Å². The Labute approximate surface area is 91.0 Å². The Hall–Kier alpha value is -1.16. The Kier molecular flexibility index (Phi) is 4.49. The van der Waals surface area contributed by atoms with Crippen molar-refractivity contribution in [2.24, 2.45) is 0 Å². The summed E-state index contributed by atoms with van der Waals surface area (Å²) in [6, 6.07) is 1.95. The number of aliphatic hydroxyl groups is 1. The third-order valence-corrected chi connectivity index (χ3v) is 2.12. The molecule has 4 heteroatoms. The third kappa shape index (κ3) is 3.47. The zero-order chi connectivity index (χ0) is 11.3. The molecule has 1 heterocycles. The second-order valence-electron chi connectivity index (χ2n) is 3.66. The van der Waals surface area contributed by atoms with Gasteiger partial charge in [0.05, 0.1) is 6.61 Å². The van der Waals surface area contributed by atoms with Crippen molar-refractivity contribution in [3.8, 4) is 0 Å². The molecule has 0 radical (unpaired) electrons. The lowest BCUT2D eigenvalue weighted by molar-refractivity contribution is 0.301. The molecule has 0 bridgehead atoms. The molecule has 0 amide bonds. The Balaban J connectivity index is 2.88. The molecule has 1 aromatic rings. The molecule has 1 aromatic heterocycles. The fourth-order valence-corrected chi connectivity index (χ4v) is 1.55. The van der Waals surface area contributed by atoms with Gasteiger partial charge in [-0.3, -0.25) is 0 Å². The van der Waals surface area contributed by atoms with E-state index in [1.54, 1.807) is 0 Å². The Bertz CT molecular complexity index is 288. The van der Waals surface area contributed by atoms with Crippen molar-refractivity contribution >= 4 is 5.95 Å². The van der Waals surface area contributed by atoms with E-state index < -0.39 is 0 Å². The van der Waals surface area contributed by atoms with Crippen LogP contribution in [0, 0.1) is 13.8 Å². The number of hydrogen-bond donors (Lipinski definition) is 1. The van der Waals surface area contributed by atoms with Crippen molar-refractivity contribution in [2.75, 3.05) is 24.6 Å². The van der Waals surface area contributed by atoms with E-state index in [1.165, 1.54) is 0 Å². The number of aryl methyl sites for hydroxylation is 2. The van der Waals surface area contributed by atoms with Crippen LogP contribution in [0.3, 0.4) is 0 Å². The summed E-state index contributed by atoms with van der Waals surface area (Å²) in [4.78, 5) is 10.8. The van der Waals surface area contributed by atoms with Gasteiger partial charge in [-0.2, -0.15) is 0 Å². The Morgan fingerprint density at radius 3 is 2.27 bits per heavy atom. The topological polar surface area (TPSA) is 49.2 Å². The van der Waals surface area contributed by atoms with Crippen LogP contribution in [0.15, 0.2) is 6.07 Å².